The molecule has 6 heteroatoms. The van der Waals surface area contributed by atoms with Crippen molar-refractivity contribution >= 4 is 11.6 Å². The Morgan fingerprint density at radius 3 is 2.47 bits per heavy atom. The first-order valence-corrected chi connectivity index (χ1v) is 4.50. The Morgan fingerprint density at radius 2 is 1.93 bits per heavy atom. The van der Waals surface area contributed by atoms with E-state index < -0.39 is 11.6 Å². The van der Waals surface area contributed by atoms with Crippen LogP contribution < -0.4 is 0 Å². The Balaban J connectivity index is 2.59. The summed E-state index contributed by atoms with van der Waals surface area (Å²) in [5.74, 6) is -1.33. The van der Waals surface area contributed by atoms with Crippen molar-refractivity contribution in [3.05, 3.63) is 40.9 Å². The van der Waals surface area contributed by atoms with Crippen molar-refractivity contribution in [3.63, 3.8) is 0 Å². The average molecular weight is 230 g/mol. The van der Waals surface area contributed by atoms with E-state index in [1.165, 1.54) is 10.6 Å². The second kappa shape index (κ2) is 3.58. The summed E-state index contributed by atoms with van der Waals surface area (Å²) in [7, 11) is 0. The number of nitrogens with zero attached hydrogens (tertiary/aromatic N) is 3. The zero-order valence-corrected chi connectivity index (χ0v) is 8.46. The predicted molar refractivity (Wildman–Crippen MR) is 51.0 cm³/mol. The molecule has 0 amide bonds. The Morgan fingerprint density at radius 1 is 1.20 bits per heavy atom. The highest BCUT2D eigenvalue weighted by Gasteiger charge is 2.10. The molecule has 0 aliphatic carbocycles. The van der Waals surface area contributed by atoms with Gasteiger partial charge in [0, 0.05) is 6.07 Å². The van der Waals surface area contributed by atoms with Crippen molar-refractivity contribution in [2.75, 3.05) is 0 Å². The van der Waals surface area contributed by atoms with Gasteiger partial charge in [-0.2, -0.15) is 0 Å². The summed E-state index contributed by atoms with van der Waals surface area (Å²) in [6, 6.07) is 3.47. The minimum atomic E-state index is -0.934. The molecular weight excluding hydrogens is 224 g/mol. The lowest BCUT2D eigenvalue weighted by Crippen LogP contribution is -1.98. The first-order valence-electron chi connectivity index (χ1n) is 4.12. The summed E-state index contributed by atoms with van der Waals surface area (Å²) in [4.78, 5) is 0. The Hall–Kier alpha value is -1.49. The molecular formula is C9H6ClF2N3. The van der Waals surface area contributed by atoms with Crippen LogP contribution in [0.1, 0.15) is 5.82 Å². The van der Waals surface area contributed by atoms with Crippen LogP contribution in [0.3, 0.4) is 0 Å². The van der Waals surface area contributed by atoms with Crippen LogP contribution in [0.2, 0.25) is 5.28 Å². The fraction of sp³-hybridized carbons (Fsp3) is 0.111. The fourth-order valence-corrected chi connectivity index (χ4v) is 1.51. The van der Waals surface area contributed by atoms with E-state index in [1.807, 2.05) is 0 Å². The van der Waals surface area contributed by atoms with E-state index in [1.54, 1.807) is 6.92 Å². The van der Waals surface area contributed by atoms with E-state index in [0.717, 1.165) is 12.1 Å². The van der Waals surface area contributed by atoms with Gasteiger partial charge in [-0.15, -0.1) is 10.2 Å². The third-order valence-corrected chi connectivity index (χ3v) is 2.19. The van der Waals surface area contributed by atoms with Gasteiger partial charge in [0.2, 0.25) is 5.28 Å². The molecule has 0 unspecified atom stereocenters. The van der Waals surface area contributed by atoms with Crippen LogP contribution in [0.25, 0.3) is 5.69 Å². The first-order chi connectivity index (χ1) is 7.09. The standard InChI is InChI=1S/C9H6ClF2N3/c1-5-13-14-9(10)15(5)6-2-3-7(11)8(12)4-6/h2-4H,1H3. The highest BCUT2D eigenvalue weighted by atomic mass is 35.5. The molecule has 1 aromatic carbocycles. The van der Waals surface area contributed by atoms with Gasteiger partial charge in [0.15, 0.2) is 11.6 Å². The van der Waals surface area contributed by atoms with E-state index in [4.69, 9.17) is 11.6 Å². The number of aromatic nitrogens is 3. The molecule has 0 radical (unpaired) electrons. The van der Waals surface area contributed by atoms with Gasteiger partial charge in [0.25, 0.3) is 0 Å². The molecule has 1 heterocycles. The molecule has 1 aromatic heterocycles. The molecule has 0 N–H and O–H groups in total. The number of benzene rings is 1. The third kappa shape index (κ3) is 1.70. The quantitative estimate of drug-likeness (QED) is 0.752. The first kappa shape index (κ1) is 10.0. The zero-order valence-electron chi connectivity index (χ0n) is 7.71. The zero-order chi connectivity index (χ0) is 11.0. The molecule has 0 atom stereocenters. The smallest absolute Gasteiger partial charge is 0.229 e. The maximum Gasteiger partial charge on any atom is 0.229 e. The minimum Gasteiger partial charge on any atom is -0.270 e. The highest BCUT2D eigenvalue weighted by molar-refractivity contribution is 6.28. The highest BCUT2D eigenvalue weighted by Crippen LogP contribution is 2.18. The van der Waals surface area contributed by atoms with Crippen molar-refractivity contribution in [1.29, 1.82) is 0 Å². The average Bonchev–Trinajstić information content (AvgIpc) is 2.52. The molecule has 15 heavy (non-hydrogen) atoms. The molecule has 0 bridgehead atoms. The van der Waals surface area contributed by atoms with Crippen LogP contribution in [0, 0.1) is 18.6 Å². The van der Waals surface area contributed by atoms with Gasteiger partial charge in [-0.3, -0.25) is 4.57 Å². The van der Waals surface area contributed by atoms with Crippen LogP contribution >= 0.6 is 11.6 Å². The van der Waals surface area contributed by atoms with Gasteiger partial charge in [-0.25, -0.2) is 8.78 Å². The Labute approximate surface area is 89.3 Å². The van der Waals surface area contributed by atoms with Crippen LogP contribution in [0.15, 0.2) is 18.2 Å². The molecule has 0 saturated carbocycles. The van der Waals surface area contributed by atoms with Crippen LogP contribution in [-0.2, 0) is 0 Å². The van der Waals surface area contributed by atoms with Crippen molar-refractivity contribution in [1.82, 2.24) is 14.8 Å². The van der Waals surface area contributed by atoms with Gasteiger partial charge in [0.05, 0.1) is 5.69 Å². The van der Waals surface area contributed by atoms with Crippen LogP contribution in [0.4, 0.5) is 8.78 Å². The summed E-state index contributed by atoms with van der Waals surface area (Å²) >= 11 is 5.74. The summed E-state index contributed by atoms with van der Waals surface area (Å²) in [6.07, 6.45) is 0. The molecule has 78 valence electrons. The Bertz CT molecular complexity index is 491. The summed E-state index contributed by atoms with van der Waals surface area (Å²) in [6.45, 7) is 1.67. The molecule has 0 aliphatic heterocycles. The predicted octanol–water partition coefficient (Wildman–Crippen LogP) is 2.51. The van der Waals surface area contributed by atoms with Gasteiger partial charge in [-0.1, -0.05) is 0 Å². The molecule has 0 aliphatic rings. The monoisotopic (exact) mass is 229 g/mol. The van der Waals surface area contributed by atoms with Crippen molar-refractivity contribution in [3.8, 4) is 5.69 Å². The molecule has 0 spiro atoms. The second-order valence-corrected chi connectivity index (χ2v) is 3.29. The topological polar surface area (TPSA) is 30.7 Å². The van der Waals surface area contributed by atoms with Crippen molar-refractivity contribution < 1.29 is 8.78 Å². The third-order valence-electron chi connectivity index (χ3n) is 1.95. The van der Waals surface area contributed by atoms with Gasteiger partial charge in [-0.05, 0) is 30.7 Å². The molecule has 0 fully saturated rings. The minimum absolute atomic E-state index is 0.110. The maximum atomic E-state index is 13.0. The summed E-state index contributed by atoms with van der Waals surface area (Å²) in [5.41, 5.74) is 0.390. The summed E-state index contributed by atoms with van der Waals surface area (Å²) in [5, 5.41) is 7.43. The number of hydrogen-bond acceptors (Lipinski definition) is 2. The SMILES string of the molecule is Cc1nnc(Cl)n1-c1ccc(F)c(F)c1. The fourth-order valence-electron chi connectivity index (χ4n) is 1.25. The Kier molecular flexibility index (Phi) is 2.40. The van der Waals surface area contributed by atoms with Gasteiger partial charge >= 0.3 is 0 Å². The largest absolute Gasteiger partial charge is 0.270 e. The van der Waals surface area contributed by atoms with Gasteiger partial charge < -0.3 is 0 Å². The van der Waals surface area contributed by atoms with E-state index >= 15 is 0 Å². The van der Waals surface area contributed by atoms with E-state index in [2.05, 4.69) is 10.2 Å². The molecule has 2 aromatic rings. The van der Waals surface area contributed by atoms with E-state index in [9.17, 15) is 8.78 Å². The van der Waals surface area contributed by atoms with Crippen molar-refractivity contribution in [2.45, 2.75) is 6.92 Å². The number of aryl methyl sites for hydroxylation is 1. The molecule has 2 rings (SSSR count). The maximum absolute atomic E-state index is 13.0. The lowest BCUT2D eigenvalue weighted by Gasteiger charge is -2.05. The molecule has 3 nitrogen and oxygen atoms in total. The second-order valence-electron chi connectivity index (χ2n) is 2.95. The van der Waals surface area contributed by atoms with Crippen LogP contribution in [-0.4, -0.2) is 14.8 Å². The van der Waals surface area contributed by atoms with Crippen LogP contribution in [0.5, 0.6) is 0 Å². The number of halogens is 3. The molecule has 0 saturated heterocycles. The van der Waals surface area contributed by atoms with E-state index in [-0.39, 0.29) is 5.28 Å². The van der Waals surface area contributed by atoms with Crippen molar-refractivity contribution in [2.24, 2.45) is 0 Å². The normalized spacial score (nSPS) is 10.7. The number of rotatable bonds is 1. The van der Waals surface area contributed by atoms with E-state index in [0.29, 0.717) is 11.5 Å². The summed E-state index contributed by atoms with van der Waals surface area (Å²) < 4.78 is 27.1. The lowest BCUT2D eigenvalue weighted by molar-refractivity contribution is 0.508. The number of hydrogen-bond donors (Lipinski definition) is 0. The lowest BCUT2D eigenvalue weighted by atomic mass is 10.3. The van der Waals surface area contributed by atoms with Gasteiger partial charge in [0.1, 0.15) is 5.82 Å².